The van der Waals surface area contributed by atoms with Crippen LogP contribution in [0.2, 0.25) is 0 Å². The Hall–Kier alpha value is -1.88. The van der Waals surface area contributed by atoms with Crippen LogP contribution in [0, 0.1) is 13.8 Å². The highest BCUT2D eigenvalue weighted by Crippen LogP contribution is 2.13. The van der Waals surface area contributed by atoms with Gasteiger partial charge in [0.05, 0.1) is 0 Å². The zero-order valence-corrected chi connectivity index (χ0v) is 11.9. The number of aromatic nitrogens is 2. The van der Waals surface area contributed by atoms with Gasteiger partial charge in [-0.15, -0.1) is 0 Å². The standard InChI is InChI=1S/C14H15N3OS/c1-9-5-4-6-11(7-9)16-13(18)12-8-10(2)15-14(17-12)19-3/h4-8H,1-3H3,(H,16,18). The SMILES string of the molecule is CSc1nc(C)cc(C(=O)Nc2cccc(C)c2)n1. The maximum atomic E-state index is 12.1. The molecule has 0 aliphatic carbocycles. The van der Waals surface area contributed by atoms with Gasteiger partial charge in [-0.05, 0) is 43.9 Å². The molecule has 0 saturated heterocycles. The Kier molecular flexibility index (Phi) is 4.16. The van der Waals surface area contributed by atoms with E-state index in [9.17, 15) is 4.79 Å². The van der Waals surface area contributed by atoms with Gasteiger partial charge in [-0.3, -0.25) is 4.79 Å². The van der Waals surface area contributed by atoms with E-state index in [1.165, 1.54) is 11.8 Å². The largest absolute Gasteiger partial charge is 0.321 e. The van der Waals surface area contributed by atoms with Gasteiger partial charge in [0.2, 0.25) is 0 Å². The minimum atomic E-state index is -0.216. The van der Waals surface area contributed by atoms with Gasteiger partial charge in [0.1, 0.15) is 5.69 Å². The average Bonchev–Trinajstić information content (AvgIpc) is 2.38. The van der Waals surface area contributed by atoms with E-state index in [1.54, 1.807) is 6.07 Å². The lowest BCUT2D eigenvalue weighted by molar-refractivity contribution is 0.102. The number of hydrogen-bond donors (Lipinski definition) is 1. The molecule has 0 aliphatic heterocycles. The summed E-state index contributed by atoms with van der Waals surface area (Å²) >= 11 is 1.42. The monoisotopic (exact) mass is 273 g/mol. The van der Waals surface area contributed by atoms with Gasteiger partial charge in [-0.1, -0.05) is 23.9 Å². The van der Waals surface area contributed by atoms with Gasteiger partial charge in [-0.25, -0.2) is 9.97 Å². The summed E-state index contributed by atoms with van der Waals surface area (Å²) in [6.45, 7) is 3.83. The lowest BCUT2D eigenvalue weighted by Gasteiger charge is -2.07. The highest BCUT2D eigenvalue weighted by atomic mass is 32.2. The number of amides is 1. The molecule has 2 rings (SSSR count). The molecule has 1 amide bonds. The number of hydrogen-bond acceptors (Lipinski definition) is 4. The first kappa shape index (κ1) is 13.5. The summed E-state index contributed by atoms with van der Waals surface area (Å²) in [4.78, 5) is 20.6. The quantitative estimate of drug-likeness (QED) is 0.689. The second kappa shape index (κ2) is 5.84. The van der Waals surface area contributed by atoms with Crippen molar-refractivity contribution in [2.45, 2.75) is 19.0 Å². The predicted molar refractivity (Wildman–Crippen MR) is 77.7 cm³/mol. The van der Waals surface area contributed by atoms with Crippen molar-refractivity contribution in [1.29, 1.82) is 0 Å². The Morgan fingerprint density at radius 1 is 1.21 bits per heavy atom. The number of anilines is 1. The molecule has 0 unspecified atom stereocenters. The van der Waals surface area contributed by atoms with Crippen molar-refractivity contribution in [3.05, 3.63) is 47.3 Å². The van der Waals surface area contributed by atoms with Crippen LogP contribution in [0.1, 0.15) is 21.7 Å². The second-order valence-electron chi connectivity index (χ2n) is 4.20. The number of thioether (sulfide) groups is 1. The Bertz CT molecular complexity index is 613. The van der Waals surface area contributed by atoms with Crippen LogP contribution < -0.4 is 5.32 Å². The molecule has 0 atom stereocenters. The van der Waals surface area contributed by atoms with E-state index in [1.807, 2.05) is 44.4 Å². The van der Waals surface area contributed by atoms with Crippen LogP contribution in [0.15, 0.2) is 35.5 Å². The van der Waals surface area contributed by atoms with Crippen molar-refractivity contribution in [3.8, 4) is 0 Å². The van der Waals surface area contributed by atoms with E-state index in [0.717, 1.165) is 16.9 Å². The molecule has 4 nitrogen and oxygen atoms in total. The molecule has 1 aromatic heterocycles. The van der Waals surface area contributed by atoms with E-state index in [0.29, 0.717) is 10.9 Å². The molecule has 0 bridgehead atoms. The summed E-state index contributed by atoms with van der Waals surface area (Å²) in [7, 11) is 0. The van der Waals surface area contributed by atoms with Crippen LogP contribution in [0.3, 0.4) is 0 Å². The fourth-order valence-corrected chi connectivity index (χ4v) is 2.09. The van der Waals surface area contributed by atoms with E-state index in [4.69, 9.17) is 0 Å². The van der Waals surface area contributed by atoms with Crippen molar-refractivity contribution >= 4 is 23.4 Å². The molecule has 1 N–H and O–H groups in total. The molecule has 5 heteroatoms. The molecule has 0 saturated carbocycles. The third kappa shape index (κ3) is 3.54. The molecular weight excluding hydrogens is 258 g/mol. The molecule has 0 radical (unpaired) electrons. The van der Waals surface area contributed by atoms with Crippen molar-refractivity contribution < 1.29 is 4.79 Å². The summed E-state index contributed by atoms with van der Waals surface area (Å²) in [6, 6.07) is 9.35. The van der Waals surface area contributed by atoms with Crippen molar-refractivity contribution in [3.63, 3.8) is 0 Å². The minimum absolute atomic E-state index is 0.216. The first-order valence-electron chi connectivity index (χ1n) is 5.86. The number of nitrogens with zero attached hydrogens (tertiary/aromatic N) is 2. The zero-order valence-electron chi connectivity index (χ0n) is 11.1. The molecular formula is C14H15N3OS. The van der Waals surface area contributed by atoms with Crippen LogP contribution in [-0.2, 0) is 0 Å². The fourth-order valence-electron chi connectivity index (χ4n) is 1.67. The summed E-state index contributed by atoms with van der Waals surface area (Å²) in [5.41, 5.74) is 3.04. The van der Waals surface area contributed by atoms with Crippen LogP contribution in [0.5, 0.6) is 0 Å². The molecule has 0 spiro atoms. The van der Waals surface area contributed by atoms with Crippen LogP contribution in [0.25, 0.3) is 0 Å². The van der Waals surface area contributed by atoms with E-state index < -0.39 is 0 Å². The minimum Gasteiger partial charge on any atom is -0.321 e. The number of benzene rings is 1. The molecule has 1 aromatic carbocycles. The number of carbonyl (C=O) groups excluding carboxylic acids is 1. The summed E-state index contributed by atoms with van der Waals surface area (Å²) in [5.74, 6) is -0.216. The molecule has 19 heavy (non-hydrogen) atoms. The molecule has 1 heterocycles. The number of rotatable bonds is 3. The van der Waals surface area contributed by atoms with Crippen LogP contribution in [0.4, 0.5) is 5.69 Å². The van der Waals surface area contributed by atoms with Gasteiger partial charge in [-0.2, -0.15) is 0 Å². The number of carbonyl (C=O) groups is 1. The van der Waals surface area contributed by atoms with Gasteiger partial charge < -0.3 is 5.32 Å². The molecule has 0 fully saturated rings. The zero-order chi connectivity index (χ0) is 13.8. The van der Waals surface area contributed by atoms with Crippen molar-refractivity contribution in [2.75, 3.05) is 11.6 Å². The summed E-state index contributed by atoms with van der Waals surface area (Å²) < 4.78 is 0. The Balaban J connectivity index is 2.22. The van der Waals surface area contributed by atoms with E-state index >= 15 is 0 Å². The summed E-state index contributed by atoms with van der Waals surface area (Å²) in [5, 5.41) is 3.45. The Morgan fingerprint density at radius 2 is 2.00 bits per heavy atom. The smallest absolute Gasteiger partial charge is 0.274 e. The maximum absolute atomic E-state index is 12.1. The van der Waals surface area contributed by atoms with Gasteiger partial charge >= 0.3 is 0 Å². The third-order valence-corrected chi connectivity index (χ3v) is 3.07. The lowest BCUT2D eigenvalue weighted by Crippen LogP contribution is -2.15. The number of aryl methyl sites for hydroxylation is 2. The predicted octanol–water partition coefficient (Wildman–Crippen LogP) is 3.07. The summed E-state index contributed by atoms with van der Waals surface area (Å²) in [6.07, 6.45) is 1.89. The normalized spacial score (nSPS) is 10.3. The third-order valence-electron chi connectivity index (χ3n) is 2.52. The molecule has 2 aromatic rings. The highest BCUT2D eigenvalue weighted by Gasteiger charge is 2.10. The van der Waals surface area contributed by atoms with Gasteiger partial charge in [0, 0.05) is 11.4 Å². The van der Waals surface area contributed by atoms with Gasteiger partial charge in [0.15, 0.2) is 5.16 Å². The van der Waals surface area contributed by atoms with Gasteiger partial charge in [0.25, 0.3) is 5.91 Å². The van der Waals surface area contributed by atoms with Crippen LogP contribution in [-0.4, -0.2) is 22.1 Å². The van der Waals surface area contributed by atoms with E-state index in [2.05, 4.69) is 15.3 Å². The maximum Gasteiger partial charge on any atom is 0.274 e. The van der Waals surface area contributed by atoms with Crippen molar-refractivity contribution in [2.24, 2.45) is 0 Å². The molecule has 98 valence electrons. The van der Waals surface area contributed by atoms with E-state index in [-0.39, 0.29) is 5.91 Å². The average molecular weight is 273 g/mol. The highest BCUT2D eigenvalue weighted by molar-refractivity contribution is 7.98. The first-order valence-corrected chi connectivity index (χ1v) is 7.08. The second-order valence-corrected chi connectivity index (χ2v) is 4.98. The Labute approximate surface area is 116 Å². The van der Waals surface area contributed by atoms with Crippen molar-refractivity contribution in [1.82, 2.24) is 9.97 Å². The first-order chi connectivity index (χ1) is 9.08. The topological polar surface area (TPSA) is 54.9 Å². The lowest BCUT2D eigenvalue weighted by atomic mass is 10.2. The Morgan fingerprint density at radius 3 is 2.68 bits per heavy atom. The number of nitrogens with one attached hydrogen (secondary N) is 1. The molecule has 0 aliphatic rings. The van der Waals surface area contributed by atoms with Crippen LogP contribution >= 0.6 is 11.8 Å². The fraction of sp³-hybridized carbons (Fsp3) is 0.214.